The van der Waals surface area contributed by atoms with Crippen LogP contribution in [-0.2, 0) is 0 Å². The van der Waals surface area contributed by atoms with Crippen molar-refractivity contribution in [3.8, 4) is 0 Å². The number of H-pyrrole nitrogens is 1. The van der Waals surface area contributed by atoms with Gasteiger partial charge in [0.25, 0.3) is 0 Å². The van der Waals surface area contributed by atoms with Crippen molar-refractivity contribution < 1.29 is 5.11 Å². The van der Waals surface area contributed by atoms with Crippen molar-refractivity contribution in [3.63, 3.8) is 0 Å². The van der Waals surface area contributed by atoms with Gasteiger partial charge in [0.15, 0.2) is 11.5 Å². The highest BCUT2D eigenvalue weighted by Gasteiger charge is 2.33. The molecule has 0 radical (unpaired) electrons. The van der Waals surface area contributed by atoms with Gasteiger partial charge in [-0.25, -0.2) is 4.98 Å². The molecule has 4 N–H and O–H groups in total. The van der Waals surface area contributed by atoms with E-state index in [-0.39, 0.29) is 5.95 Å². The summed E-state index contributed by atoms with van der Waals surface area (Å²) >= 11 is 0. The van der Waals surface area contributed by atoms with E-state index in [1.807, 2.05) is 11.8 Å². The van der Waals surface area contributed by atoms with Gasteiger partial charge < -0.3 is 20.7 Å². The van der Waals surface area contributed by atoms with E-state index in [9.17, 15) is 5.11 Å². The highest BCUT2D eigenvalue weighted by Crippen LogP contribution is 2.29. The van der Waals surface area contributed by atoms with Crippen molar-refractivity contribution in [1.82, 2.24) is 19.9 Å². The summed E-state index contributed by atoms with van der Waals surface area (Å²) in [5.41, 5.74) is 6.29. The Kier molecular flexibility index (Phi) is 1.99. The normalized spacial score (nSPS) is 24.7. The number of nitrogens with zero attached hydrogens (tertiary/aromatic N) is 4. The Hall–Kier alpha value is -1.89. The lowest BCUT2D eigenvalue weighted by atomic mass is 10.1. The third-order valence-corrected chi connectivity index (χ3v) is 3.04. The minimum atomic E-state index is -0.675. The van der Waals surface area contributed by atoms with Crippen molar-refractivity contribution in [2.24, 2.45) is 0 Å². The van der Waals surface area contributed by atoms with Crippen LogP contribution in [0.25, 0.3) is 11.2 Å². The van der Waals surface area contributed by atoms with Crippen LogP contribution in [0.5, 0.6) is 0 Å². The number of fused-ring (bicyclic) bond motifs is 1. The van der Waals surface area contributed by atoms with Crippen LogP contribution in [0.2, 0.25) is 0 Å². The van der Waals surface area contributed by atoms with Gasteiger partial charge in [-0.2, -0.15) is 9.97 Å². The summed E-state index contributed by atoms with van der Waals surface area (Å²) in [6, 6.07) is 0. The standard InChI is InChI=1S/C10H14N6O/c1-10(17)2-3-16(4-10)8-6-7(13-5-12-6)14-9(11)15-8/h5,17H,2-4H2,1H3,(H3,11,12,13,14,15). The topological polar surface area (TPSA) is 104 Å². The molecule has 2 aromatic rings. The molecule has 7 nitrogen and oxygen atoms in total. The van der Waals surface area contributed by atoms with E-state index in [4.69, 9.17) is 5.73 Å². The van der Waals surface area contributed by atoms with Gasteiger partial charge >= 0.3 is 0 Å². The average molecular weight is 234 g/mol. The second-order valence-corrected chi connectivity index (χ2v) is 4.68. The molecule has 0 bridgehead atoms. The SMILES string of the molecule is CC1(O)CCN(c2nc(N)nc3nc[nH]c23)C1. The summed E-state index contributed by atoms with van der Waals surface area (Å²) in [7, 11) is 0. The molecule has 7 heteroatoms. The summed E-state index contributed by atoms with van der Waals surface area (Å²) < 4.78 is 0. The molecule has 0 spiro atoms. The van der Waals surface area contributed by atoms with Gasteiger partial charge in [0.05, 0.1) is 11.9 Å². The van der Waals surface area contributed by atoms with Crippen LogP contribution in [0.15, 0.2) is 6.33 Å². The quantitative estimate of drug-likeness (QED) is 0.636. The summed E-state index contributed by atoms with van der Waals surface area (Å²) in [6.45, 7) is 3.11. The molecule has 0 aliphatic carbocycles. The Balaban J connectivity index is 2.08. The fraction of sp³-hybridized carbons (Fsp3) is 0.500. The number of aromatic amines is 1. The maximum Gasteiger partial charge on any atom is 0.224 e. The predicted octanol–water partition coefficient (Wildman–Crippen LogP) is -0.104. The summed E-state index contributed by atoms with van der Waals surface area (Å²) in [4.78, 5) is 17.3. The van der Waals surface area contributed by atoms with Crippen LogP contribution in [0.4, 0.5) is 11.8 Å². The number of nitrogens with two attached hydrogens (primary N) is 1. The molecular formula is C10H14N6O. The molecule has 90 valence electrons. The summed E-state index contributed by atoms with van der Waals surface area (Å²) in [5, 5.41) is 9.98. The number of nitrogens with one attached hydrogen (secondary N) is 1. The van der Waals surface area contributed by atoms with Crippen molar-refractivity contribution in [2.45, 2.75) is 18.9 Å². The molecule has 1 aliphatic heterocycles. The Labute approximate surface area is 97.7 Å². The Morgan fingerprint density at radius 3 is 3.06 bits per heavy atom. The number of aliphatic hydroxyl groups is 1. The van der Waals surface area contributed by atoms with Crippen LogP contribution in [-0.4, -0.2) is 43.7 Å². The number of hydrogen-bond donors (Lipinski definition) is 3. The molecule has 1 aliphatic rings. The first-order valence-electron chi connectivity index (χ1n) is 5.49. The van der Waals surface area contributed by atoms with Gasteiger partial charge in [0.1, 0.15) is 5.52 Å². The number of nitrogen functional groups attached to an aromatic ring is 1. The minimum absolute atomic E-state index is 0.200. The molecule has 1 unspecified atom stereocenters. The number of aromatic nitrogens is 4. The zero-order valence-corrected chi connectivity index (χ0v) is 9.51. The van der Waals surface area contributed by atoms with Gasteiger partial charge in [-0.1, -0.05) is 0 Å². The van der Waals surface area contributed by atoms with Crippen molar-refractivity contribution in [2.75, 3.05) is 23.7 Å². The molecule has 3 rings (SSSR count). The van der Waals surface area contributed by atoms with Crippen molar-refractivity contribution in [1.29, 1.82) is 0 Å². The third-order valence-electron chi connectivity index (χ3n) is 3.04. The van der Waals surface area contributed by atoms with E-state index in [2.05, 4.69) is 19.9 Å². The summed E-state index contributed by atoms with van der Waals surface area (Å²) in [6.07, 6.45) is 2.28. The number of hydrogen-bond acceptors (Lipinski definition) is 6. The molecule has 1 saturated heterocycles. The second kappa shape index (κ2) is 3.30. The van der Waals surface area contributed by atoms with Crippen molar-refractivity contribution >= 4 is 22.9 Å². The lowest BCUT2D eigenvalue weighted by Gasteiger charge is -2.20. The maximum absolute atomic E-state index is 9.98. The van der Waals surface area contributed by atoms with Crippen LogP contribution < -0.4 is 10.6 Å². The Morgan fingerprint density at radius 2 is 2.35 bits per heavy atom. The van der Waals surface area contributed by atoms with Gasteiger partial charge in [0, 0.05) is 13.1 Å². The zero-order chi connectivity index (χ0) is 12.0. The highest BCUT2D eigenvalue weighted by atomic mass is 16.3. The molecule has 1 fully saturated rings. The first-order valence-corrected chi connectivity index (χ1v) is 5.49. The van der Waals surface area contributed by atoms with Crippen molar-refractivity contribution in [3.05, 3.63) is 6.33 Å². The average Bonchev–Trinajstić information content (AvgIpc) is 2.82. The molecular weight excluding hydrogens is 220 g/mol. The van der Waals surface area contributed by atoms with E-state index < -0.39 is 5.60 Å². The zero-order valence-electron chi connectivity index (χ0n) is 9.51. The van der Waals surface area contributed by atoms with Crippen LogP contribution in [0.1, 0.15) is 13.3 Å². The smallest absolute Gasteiger partial charge is 0.224 e. The predicted molar refractivity (Wildman–Crippen MR) is 63.5 cm³/mol. The monoisotopic (exact) mass is 234 g/mol. The Morgan fingerprint density at radius 1 is 1.53 bits per heavy atom. The Bertz CT molecular complexity index is 563. The molecule has 0 amide bonds. The first-order chi connectivity index (χ1) is 8.05. The van der Waals surface area contributed by atoms with Gasteiger partial charge in [-0.15, -0.1) is 0 Å². The molecule has 2 aromatic heterocycles. The van der Waals surface area contributed by atoms with Gasteiger partial charge in [0.2, 0.25) is 5.95 Å². The molecule has 17 heavy (non-hydrogen) atoms. The molecule has 3 heterocycles. The number of rotatable bonds is 1. The minimum Gasteiger partial charge on any atom is -0.388 e. The number of anilines is 2. The van der Waals surface area contributed by atoms with E-state index >= 15 is 0 Å². The molecule has 0 saturated carbocycles. The first kappa shape index (κ1) is 10.3. The third kappa shape index (κ3) is 1.68. The second-order valence-electron chi connectivity index (χ2n) is 4.68. The fourth-order valence-corrected chi connectivity index (χ4v) is 2.19. The summed E-state index contributed by atoms with van der Waals surface area (Å²) in [5.74, 6) is 0.911. The molecule has 0 aromatic carbocycles. The van der Waals surface area contributed by atoms with Crippen LogP contribution in [0, 0.1) is 0 Å². The van der Waals surface area contributed by atoms with E-state index in [0.717, 1.165) is 12.1 Å². The van der Waals surface area contributed by atoms with Crippen LogP contribution >= 0.6 is 0 Å². The molecule has 1 atom stereocenters. The maximum atomic E-state index is 9.98. The highest BCUT2D eigenvalue weighted by molar-refractivity contribution is 5.84. The fourth-order valence-electron chi connectivity index (χ4n) is 2.19. The number of β-amino-alcohol motifs (C(OH)–C–C–N with tert-alkyl or cyclic N) is 1. The van der Waals surface area contributed by atoms with Gasteiger partial charge in [-0.3, -0.25) is 0 Å². The largest absolute Gasteiger partial charge is 0.388 e. The lowest BCUT2D eigenvalue weighted by molar-refractivity contribution is 0.0839. The van der Waals surface area contributed by atoms with E-state index in [1.54, 1.807) is 6.33 Å². The van der Waals surface area contributed by atoms with Crippen LogP contribution in [0.3, 0.4) is 0 Å². The number of imidazole rings is 1. The lowest BCUT2D eigenvalue weighted by Crippen LogP contribution is -2.30. The van der Waals surface area contributed by atoms with E-state index in [1.165, 1.54) is 0 Å². The van der Waals surface area contributed by atoms with E-state index in [0.29, 0.717) is 24.4 Å². The van der Waals surface area contributed by atoms with Gasteiger partial charge in [-0.05, 0) is 13.3 Å².